The number of rotatable bonds is 5. The third-order valence-corrected chi connectivity index (χ3v) is 4.49. The number of nitrogens with two attached hydrogens (primary N) is 1. The standard InChI is InChI=1S/C20H21N5O3.ClH/c1-13-19(28-18-8-3-2-7-17(18)27-13)20(26)22-11-14-5-4-6-16(9-14)25-12-15(10-21)23-24-25;/h2-9,12-13,19H,10-11,21H2,1H3,(H,22,26);1H. The van der Waals surface area contributed by atoms with Crippen molar-refractivity contribution in [3.8, 4) is 17.2 Å². The molecule has 152 valence electrons. The number of para-hydroxylation sites is 2. The summed E-state index contributed by atoms with van der Waals surface area (Å²) in [5.41, 5.74) is 8.07. The van der Waals surface area contributed by atoms with Crippen LogP contribution in [0.15, 0.2) is 54.7 Å². The second-order valence-corrected chi connectivity index (χ2v) is 6.55. The number of ether oxygens (including phenoxy) is 2. The van der Waals surface area contributed by atoms with Crippen LogP contribution in [0.1, 0.15) is 18.2 Å². The smallest absolute Gasteiger partial charge is 0.265 e. The molecule has 3 N–H and O–H groups in total. The lowest BCUT2D eigenvalue weighted by molar-refractivity contribution is -0.133. The van der Waals surface area contributed by atoms with Crippen LogP contribution in [-0.2, 0) is 17.9 Å². The van der Waals surface area contributed by atoms with E-state index in [-0.39, 0.29) is 24.4 Å². The van der Waals surface area contributed by atoms with Crippen LogP contribution in [0.5, 0.6) is 11.5 Å². The molecule has 2 atom stereocenters. The van der Waals surface area contributed by atoms with Crippen molar-refractivity contribution in [2.75, 3.05) is 0 Å². The molecule has 0 spiro atoms. The third-order valence-electron chi connectivity index (χ3n) is 4.49. The molecule has 4 rings (SSSR count). The summed E-state index contributed by atoms with van der Waals surface area (Å²) in [6.07, 6.45) is 0.691. The molecule has 9 heteroatoms. The Balaban J connectivity index is 0.00000240. The summed E-state index contributed by atoms with van der Waals surface area (Å²) < 4.78 is 13.3. The fourth-order valence-corrected chi connectivity index (χ4v) is 3.02. The van der Waals surface area contributed by atoms with Crippen molar-refractivity contribution in [1.82, 2.24) is 20.3 Å². The SMILES string of the molecule is CC1Oc2ccccc2OC1C(=O)NCc1cccc(-n2cc(CN)nn2)c1.Cl. The Labute approximate surface area is 174 Å². The zero-order chi connectivity index (χ0) is 19.5. The Morgan fingerprint density at radius 3 is 2.66 bits per heavy atom. The quantitative estimate of drug-likeness (QED) is 0.660. The van der Waals surface area contributed by atoms with Gasteiger partial charge in [0.2, 0.25) is 6.10 Å². The van der Waals surface area contributed by atoms with Gasteiger partial charge in [0.05, 0.1) is 17.6 Å². The van der Waals surface area contributed by atoms with Gasteiger partial charge in [0.15, 0.2) is 11.5 Å². The van der Waals surface area contributed by atoms with E-state index in [1.165, 1.54) is 0 Å². The van der Waals surface area contributed by atoms with E-state index in [4.69, 9.17) is 15.2 Å². The number of carbonyl (C=O) groups excluding carboxylic acids is 1. The minimum atomic E-state index is -0.708. The van der Waals surface area contributed by atoms with Crippen LogP contribution < -0.4 is 20.5 Å². The highest BCUT2D eigenvalue weighted by atomic mass is 35.5. The van der Waals surface area contributed by atoms with Crippen LogP contribution in [0.3, 0.4) is 0 Å². The topological polar surface area (TPSA) is 104 Å². The molecule has 2 heterocycles. The van der Waals surface area contributed by atoms with Gasteiger partial charge in [-0.05, 0) is 36.8 Å². The van der Waals surface area contributed by atoms with Crippen molar-refractivity contribution >= 4 is 18.3 Å². The van der Waals surface area contributed by atoms with Crippen molar-refractivity contribution in [1.29, 1.82) is 0 Å². The second-order valence-electron chi connectivity index (χ2n) is 6.55. The number of fused-ring (bicyclic) bond motifs is 1. The molecule has 2 unspecified atom stereocenters. The molecular weight excluding hydrogens is 394 g/mol. The summed E-state index contributed by atoms with van der Waals surface area (Å²) in [4.78, 5) is 12.6. The third kappa shape index (κ3) is 4.49. The molecule has 0 fully saturated rings. The van der Waals surface area contributed by atoms with Gasteiger partial charge in [-0.25, -0.2) is 4.68 Å². The van der Waals surface area contributed by atoms with Gasteiger partial charge >= 0.3 is 0 Å². The maximum atomic E-state index is 12.6. The molecule has 8 nitrogen and oxygen atoms in total. The van der Waals surface area contributed by atoms with Gasteiger partial charge < -0.3 is 20.5 Å². The molecule has 0 bridgehead atoms. The van der Waals surface area contributed by atoms with Crippen molar-refractivity contribution in [2.45, 2.75) is 32.2 Å². The zero-order valence-corrected chi connectivity index (χ0v) is 16.6. The van der Waals surface area contributed by atoms with Crippen LogP contribution >= 0.6 is 12.4 Å². The monoisotopic (exact) mass is 415 g/mol. The first-order valence-electron chi connectivity index (χ1n) is 9.04. The summed E-state index contributed by atoms with van der Waals surface area (Å²) in [5, 5.41) is 11.0. The number of halogens is 1. The van der Waals surface area contributed by atoms with Gasteiger partial charge in [-0.1, -0.05) is 29.5 Å². The summed E-state index contributed by atoms with van der Waals surface area (Å²) >= 11 is 0. The molecule has 0 saturated carbocycles. The van der Waals surface area contributed by atoms with E-state index in [1.807, 2.05) is 49.4 Å². The lowest BCUT2D eigenvalue weighted by Gasteiger charge is -2.31. The number of nitrogens with one attached hydrogen (secondary N) is 1. The van der Waals surface area contributed by atoms with E-state index in [1.54, 1.807) is 16.9 Å². The largest absolute Gasteiger partial charge is 0.482 e. The summed E-state index contributed by atoms with van der Waals surface area (Å²) in [7, 11) is 0. The first kappa shape index (κ1) is 20.6. The van der Waals surface area contributed by atoms with Gasteiger partial charge in [-0.3, -0.25) is 4.79 Å². The molecule has 1 aliphatic heterocycles. The fourth-order valence-electron chi connectivity index (χ4n) is 3.02. The van der Waals surface area contributed by atoms with Crippen molar-refractivity contribution < 1.29 is 14.3 Å². The second kappa shape index (κ2) is 8.93. The van der Waals surface area contributed by atoms with Crippen molar-refractivity contribution in [2.24, 2.45) is 5.73 Å². The van der Waals surface area contributed by atoms with Crippen LogP contribution in [0.4, 0.5) is 0 Å². The number of nitrogens with zero attached hydrogens (tertiary/aromatic N) is 3. The number of aromatic nitrogens is 3. The number of carbonyl (C=O) groups is 1. The van der Waals surface area contributed by atoms with E-state index >= 15 is 0 Å². The first-order valence-corrected chi connectivity index (χ1v) is 9.04. The molecule has 1 amide bonds. The number of hydrogen-bond donors (Lipinski definition) is 2. The average Bonchev–Trinajstić information content (AvgIpc) is 3.21. The van der Waals surface area contributed by atoms with Gasteiger partial charge in [0, 0.05) is 13.1 Å². The lowest BCUT2D eigenvalue weighted by Crippen LogP contribution is -2.48. The molecule has 0 aliphatic carbocycles. The summed E-state index contributed by atoms with van der Waals surface area (Å²) in [6, 6.07) is 15.0. The molecule has 0 saturated heterocycles. The van der Waals surface area contributed by atoms with Crippen LogP contribution in [0, 0.1) is 0 Å². The predicted molar refractivity (Wildman–Crippen MR) is 109 cm³/mol. The van der Waals surface area contributed by atoms with E-state index in [0.29, 0.717) is 30.3 Å². The highest BCUT2D eigenvalue weighted by Gasteiger charge is 2.33. The number of hydrogen-bond acceptors (Lipinski definition) is 6. The van der Waals surface area contributed by atoms with E-state index in [9.17, 15) is 4.79 Å². The highest BCUT2D eigenvalue weighted by Crippen LogP contribution is 2.33. The normalized spacial score (nSPS) is 17.3. The first-order chi connectivity index (χ1) is 13.6. The Kier molecular flexibility index (Phi) is 6.36. The van der Waals surface area contributed by atoms with E-state index in [0.717, 1.165) is 11.3 Å². The fraction of sp³-hybridized carbons (Fsp3) is 0.250. The maximum Gasteiger partial charge on any atom is 0.265 e. The van der Waals surface area contributed by atoms with Crippen LogP contribution in [0.25, 0.3) is 5.69 Å². The molecule has 2 aromatic carbocycles. The number of amides is 1. The minimum Gasteiger partial charge on any atom is -0.482 e. The average molecular weight is 416 g/mol. The predicted octanol–water partition coefficient (Wildman–Crippen LogP) is 1.99. The van der Waals surface area contributed by atoms with Crippen molar-refractivity contribution in [3.63, 3.8) is 0 Å². The highest BCUT2D eigenvalue weighted by molar-refractivity contribution is 5.85. The molecule has 3 aromatic rings. The minimum absolute atomic E-state index is 0. The molecular formula is C20H22ClN5O3. The summed E-state index contributed by atoms with van der Waals surface area (Å²) in [6.45, 7) is 2.51. The van der Waals surface area contributed by atoms with Gasteiger partial charge in [0.25, 0.3) is 5.91 Å². The van der Waals surface area contributed by atoms with Crippen LogP contribution in [0.2, 0.25) is 0 Å². The van der Waals surface area contributed by atoms with Crippen LogP contribution in [-0.4, -0.2) is 33.1 Å². The lowest BCUT2D eigenvalue weighted by atomic mass is 10.1. The Bertz CT molecular complexity index is 994. The van der Waals surface area contributed by atoms with E-state index < -0.39 is 6.10 Å². The zero-order valence-electron chi connectivity index (χ0n) is 15.8. The van der Waals surface area contributed by atoms with Gasteiger partial charge in [-0.15, -0.1) is 17.5 Å². The van der Waals surface area contributed by atoms with Gasteiger partial charge in [-0.2, -0.15) is 0 Å². The van der Waals surface area contributed by atoms with E-state index in [2.05, 4.69) is 15.6 Å². The summed E-state index contributed by atoms with van der Waals surface area (Å²) in [5.74, 6) is 1.000. The maximum absolute atomic E-state index is 12.6. The molecule has 0 radical (unpaired) electrons. The van der Waals surface area contributed by atoms with Gasteiger partial charge in [0.1, 0.15) is 6.10 Å². The van der Waals surface area contributed by atoms with Crippen molar-refractivity contribution in [3.05, 3.63) is 66.0 Å². The molecule has 1 aliphatic rings. The molecule has 1 aromatic heterocycles. The molecule has 29 heavy (non-hydrogen) atoms. The number of benzene rings is 2. The Morgan fingerprint density at radius 1 is 1.17 bits per heavy atom. The Hall–Kier alpha value is -3.10. The Morgan fingerprint density at radius 2 is 1.93 bits per heavy atom.